The van der Waals surface area contributed by atoms with Gasteiger partial charge in [-0.1, -0.05) is 43.8 Å². The Hall–Kier alpha value is -1.95. The van der Waals surface area contributed by atoms with Crippen molar-refractivity contribution in [3.05, 3.63) is 30.3 Å². The number of amides is 2. The maximum atomic E-state index is 12.2. The number of hydrogen-bond acceptors (Lipinski definition) is 3. The molecule has 0 saturated carbocycles. The van der Waals surface area contributed by atoms with Crippen LogP contribution in [0, 0.1) is 0 Å². The molecule has 0 aromatic heterocycles. The summed E-state index contributed by atoms with van der Waals surface area (Å²) in [7, 11) is 0. The van der Waals surface area contributed by atoms with E-state index in [0.29, 0.717) is 12.2 Å². The Balaban J connectivity index is 2.79. The quantitative estimate of drug-likeness (QED) is 0.611. The van der Waals surface area contributed by atoms with Crippen LogP contribution in [0.3, 0.4) is 0 Å². The average molecular weight is 293 g/mol. The van der Waals surface area contributed by atoms with Crippen LogP contribution < -0.4 is 16.0 Å². The zero-order valence-electron chi connectivity index (χ0n) is 11.5. The standard InChI is InChI=1S/C14H19N3O2S/c1-2-3-9-17(11-7-5-4-6-8-11)14(19)13(18)16-10-12(15)20/h4-8H,2-3,9-10H2,1H3,(H2,15,20)(H,16,18). The number of anilines is 1. The van der Waals surface area contributed by atoms with Gasteiger partial charge < -0.3 is 16.0 Å². The van der Waals surface area contributed by atoms with Crippen LogP contribution in [0.4, 0.5) is 5.69 Å². The van der Waals surface area contributed by atoms with E-state index in [1.165, 1.54) is 4.90 Å². The Morgan fingerprint density at radius 1 is 1.30 bits per heavy atom. The van der Waals surface area contributed by atoms with Crippen LogP contribution in [0.15, 0.2) is 30.3 Å². The number of benzene rings is 1. The maximum Gasteiger partial charge on any atom is 0.316 e. The second-order valence-electron chi connectivity index (χ2n) is 4.29. The summed E-state index contributed by atoms with van der Waals surface area (Å²) in [6.07, 6.45) is 1.76. The van der Waals surface area contributed by atoms with Crippen LogP contribution in [0.25, 0.3) is 0 Å². The Morgan fingerprint density at radius 3 is 2.50 bits per heavy atom. The first-order valence-corrected chi connectivity index (χ1v) is 6.90. The third-order valence-corrected chi connectivity index (χ3v) is 2.81. The molecule has 0 atom stereocenters. The molecule has 0 aliphatic carbocycles. The van der Waals surface area contributed by atoms with Crippen molar-refractivity contribution in [3.8, 4) is 0 Å². The van der Waals surface area contributed by atoms with Crippen molar-refractivity contribution >= 4 is 34.7 Å². The molecule has 1 aromatic carbocycles. The lowest BCUT2D eigenvalue weighted by Gasteiger charge is -2.22. The molecule has 20 heavy (non-hydrogen) atoms. The molecule has 0 unspecified atom stereocenters. The molecule has 3 N–H and O–H groups in total. The van der Waals surface area contributed by atoms with Crippen LogP contribution in [0.1, 0.15) is 19.8 Å². The highest BCUT2D eigenvalue weighted by Crippen LogP contribution is 2.14. The smallest absolute Gasteiger partial charge is 0.316 e. The lowest BCUT2D eigenvalue weighted by Crippen LogP contribution is -2.45. The third kappa shape index (κ3) is 4.97. The summed E-state index contributed by atoms with van der Waals surface area (Å²) in [5.41, 5.74) is 6.01. The Labute approximate surface area is 124 Å². The lowest BCUT2D eigenvalue weighted by atomic mass is 10.2. The van der Waals surface area contributed by atoms with Gasteiger partial charge in [0.1, 0.15) is 0 Å². The van der Waals surface area contributed by atoms with E-state index in [2.05, 4.69) is 17.5 Å². The van der Waals surface area contributed by atoms with E-state index in [1.54, 1.807) is 12.1 Å². The molecule has 0 aliphatic rings. The van der Waals surface area contributed by atoms with Crippen LogP contribution in [0.5, 0.6) is 0 Å². The van der Waals surface area contributed by atoms with E-state index in [4.69, 9.17) is 5.73 Å². The normalized spacial score (nSPS) is 9.85. The third-order valence-electron chi connectivity index (χ3n) is 2.67. The molecule has 5 nitrogen and oxygen atoms in total. The number of unbranched alkanes of at least 4 members (excludes halogenated alkanes) is 1. The molecule has 2 amide bonds. The molecule has 1 rings (SSSR count). The summed E-state index contributed by atoms with van der Waals surface area (Å²) in [5, 5.41) is 2.41. The summed E-state index contributed by atoms with van der Waals surface area (Å²) in [6.45, 7) is 2.55. The zero-order chi connectivity index (χ0) is 15.0. The molecule has 0 radical (unpaired) electrons. The van der Waals surface area contributed by atoms with Gasteiger partial charge in [-0.05, 0) is 18.6 Å². The van der Waals surface area contributed by atoms with Gasteiger partial charge in [0.2, 0.25) is 0 Å². The predicted octanol–water partition coefficient (Wildman–Crippen LogP) is 1.22. The summed E-state index contributed by atoms with van der Waals surface area (Å²) in [4.78, 5) is 25.6. The number of hydrogen-bond donors (Lipinski definition) is 2. The minimum Gasteiger partial charge on any atom is -0.392 e. The van der Waals surface area contributed by atoms with Crippen molar-refractivity contribution < 1.29 is 9.59 Å². The highest BCUT2D eigenvalue weighted by Gasteiger charge is 2.22. The topological polar surface area (TPSA) is 75.4 Å². The summed E-state index contributed by atoms with van der Waals surface area (Å²) >= 11 is 4.67. The number of carbonyl (C=O) groups excluding carboxylic acids is 2. The van der Waals surface area contributed by atoms with Gasteiger partial charge in [-0.15, -0.1) is 0 Å². The van der Waals surface area contributed by atoms with Gasteiger partial charge in [0, 0.05) is 12.2 Å². The number of thiocarbonyl (C=S) groups is 1. The second-order valence-corrected chi connectivity index (χ2v) is 4.82. The molecule has 0 fully saturated rings. The van der Waals surface area contributed by atoms with Crippen LogP contribution in [-0.4, -0.2) is 29.9 Å². The molecule has 0 spiro atoms. The number of nitrogens with two attached hydrogens (primary N) is 1. The summed E-state index contributed by atoms with van der Waals surface area (Å²) < 4.78 is 0. The molecule has 0 aliphatic heterocycles. The van der Waals surface area contributed by atoms with Crippen molar-refractivity contribution in [1.29, 1.82) is 0 Å². The van der Waals surface area contributed by atoms with Gasteiger partial charge in [0.05, 0.1) is 11.5 Å². The summed E-state index contributed by atoms with van der Waals surface area (Å²) in [6, 6.07) is 9.12. The Bertz CT molecular complexity index is 477. The largest absolute Gasteiger partial charge is 0.392 e. The molecule has 6 heteroatoms. The molecule has 108 valence electrons. The minimum atomic E-state index is -0.697. The van der Waals surface area contributed by atoms with Crippen molar-refractivity contribution in [2.75, 3.05) is 18.0 Å². The van der Waals surface area contributed by atoms with Crippen molar-refractivity contribution in [2.24, 2.45) is 5.73 Å². The minimum absolute atomic E-state index is 0.0241. The van der Waals surface area contributed by atoms with Gasteiger partial charge >= 0.3 is 11.8 Å². The number of nitrogens with zero attached hydrogens (tertiary/aromatic N) is 1. The number of rotatable bonds is 6. The number of nitrogens with one attached hydrogen (secondary N) is 1. The monoisotopic (exact) mass is 293 g/mol. The first-order valence-electron chi connectivity index (χ1n) is 6.49. The lowest BCUT2D eigenvalue weighted by molar-refractivity contribution is -0.137. The van der Waals surface area contributed by atoms with Crippen molar-refractivity contribution in [1.82, 2.24) is 5.32 Å². The molecule has 1 aromatic rings. The second kappa shape index (κ2) is 8.27. The molecule has 0 bridgehead atoms. The Morgan fingerprint density at radius 2 is 1.95 bits per heavy atom. The van der Waals surface area contributed by atoms with Crippen LogP contribution in [0.2, 0.25) is 0 Å². The fourth-order valence-electron chi connectivity index (χ4n) is 1.64. The van der Waals surface area contributed by atoms with E-state index in [0.717, 1.165) is 12.8 Å². The van der Waals surface area contributed by atoms with Crippen LogP contribution in [-0.2, 0) is 9.59 Å². The molecule has 0 saturated heterocycles. The predicted molar refractivity (Wildman–Crippen MR) is 83.5 cm³/mol. The highest BCUT2D eigenvalue weighted by atomic mass is 32.1. The summed E-state index contributed by atoms with van der Waals surface area (Å²) in [5.74, 6) is -1.29. The SMILES string of the molecule is CCCCN(C(=O)C(=O)NCC(N)=S)c1ccccc1. The number of carbonyl (C=O) groups is 2. The van der Waals surface area contributed by atoms with E-state index in [-0.39, 0.29) is 11.5 Å². The molecular weight excluding hydrogens is 274 g/mol. The van der Waals surface area contributed by atoms with Crippen molar-refractivity contribution in [2.45, 2.75) is 19.8 Å². The van der Waals surface area contributed by atoms with Gasteiger partial charge in [-0.2, -0.15) is 0 Å². The highest BCUT2D eigenvalue weighted by molar-refractivity contribution is 7.80. The van der Waals surface area contributed by atoms with Crippen LogP contribution >= 0.6 is 12.2 Å². The van der Waals surface area contributed by atoms with Gasteiger partial charge in [-0.3, -0.25) is 9.59 Å². The van der Waals surface area contributed by atoms with Gasteiger partial charge in [-0.25, -0.2) is 0 Å². The number of para-hydroxylation sites is 1. The maximum absolute atomic E-state index is 12.2. The zero-order valence-corrected chi connectivity index (χ0v) is 12.3. The van der Waals surface area contributed by atoms with Gasteiger partial charge in [0.15, 0.2) is 0 Å². The average Bonchev–Trinajstić information content (AvgIpc) is 2.46. The first kappa shape index (κ1) is 16.1. The molecule has 0 heterocycles. The van der Waals surface area contributed by atoms with Gasteiger partial charge in [0.25, 0.3) is 0 Å². The van der Waals surface area contributed by atoms with E-state index < -0.39 is 11.8 Å². The van der Waals surface area contributed by atoms with E-state index in [1.807, 2.05) is 25.1 Å². The fourth-order valence-corrected chi connectivity index (χ4v) is 1.71. The molecular formula is C14H19N3O2S. The van der Waals surface area contributed by atoms with E-state index in [9.17, 15) is 9.59 Å². The first-order chi connectivity index (χ1) is 9.56. The Kier molecular flexibility index (Phi) is 6.66. The fraction of sp³-hybridized carbons (Fsp3) is 0.357. The van der Waals surface area contributed by atoms with Crippen molar-refractivity contribution in [3.63, 3.8) is 0 Å². The van der Waals surface area contributed by atoms with E-state index >= 15 is 0 Å².